The summed E-state index contributed by atoms with van der Waals surface area (Å²) in [4.78, 5) is 1.22. The van der Waals surface area contributed by atoms with Gasteiger partial charge in [0.25, 0.3) is 0 Å². The third kappa shape index (κ3) is 4.63. The third-order valence-electron chi connectivity index (χ3n) is 3.08. The molecular formula is C16H19FN2S. The van der Waals surface area contributed by atoms with Crippen LogP contribution in [0.2, 0.25) is 0 Å². The van der Waals surface area contributed by atoms with Gasteiger partial charge in [0.1, 0.15) is 5.82 Å². The molecule has 0 aliphatic carbocycles. The Kier molecular flexibility index (Phi) is 5.59. The fourth-order valence-corrected chi connectivity index (χ4v) is 2.88. The zero-order chi connectivity index (χ0) is 14.4. The molecule has 2 rings (SSSR count). The molecule has 0 saturated carbocycles. The number of nitrogens with one attached hydrogen (secondary N) is 1. The maximum absolute atomic E-state index is 13.2. The van der Waals surface area contributed by atoms with Crippen LogP contribution in [0.15, 0.2) is 53.4 Å². The maximum atomic E-state index is 13.2. The zero-order valence-corrected chi connectivity index (χ0v) is 12.3. The van der Waals surface area contributed by atoms with Crippen molar-refractivity contribution in [1.82, 2.24) is 5.43 Å². The summed E-state index contributed by atoms with van der Waals surface area (Å²) in [6.45, 7) is 2.07. The van der Waals surface area contributed by atoms with Gasteiger partial charge in [0.15, 0.2) is 0 Å². The molecule has 0 aliphatic rings. The lowest BCUT2D eigenvalue weighted by Crippen LogP contribution is -2.38. The molecule has 4 heteroatoms. The Morgan fingerprint density at radius 1 is 1.20 bits per heavy atom. The van der Waals surface area contributed by atoms with E-state index in [0.29, 0.717) is 6.42 Å². The standard InChI is InChI=1S/C16H19FN2S/c1-12-5-7-16(8-6-12)20-11-15(19-18)10-13-3-2-4-14(17)9-13/h2-9,15,19H,10-11,18H2,1H3. The molecule has 106 valence electrons. The number of hydrogen-bond acceptors (Lipinski definition) is 3. The predicted molar refractivity (Wildman–Crippen MR) is 83.1 cm³/mol. The summed E-state index contributed by atoms with van der Waals surface area (Å²) in [6, 6.07) is 15.2. The molecule has 0 fully saturated rings. The van der Waals surface area contributed by atoms with Crippen LogP contribution in [0.5, 0.6) is 0 Å². The second-order valence-corrected chi connectivity index (χ2v) is 5.92. The molecule has 2 aromatic carbocycles. The molecule has 0 saturated heterocycles. The molecule has 1 unspecified atom stereocenters. The summed E-state index contributed by atoms with van der Waals surface area (Å²) in [5.74, 6) is 6.23. The van der Waals surface area contributed by atoms with Crippen molar-refractivity contribution in [2.24, 2.45) is 5.84 Å². The average Bonchev–Trinajstić information content (AvgIpc) is 2.45. The van der Waals surface area contributed by atoms with Gasteiger partial charge in [-0.05, 0) is 43.2 Å². The predicted octanol–water partition coefficient (Wildman–Crippen LogP) is 3.30. The van der Waals surface area contributed by atoms with E-state index < -0.39 is 0 Å². The van der Waals surface area contributed by atoms with E-state index in [2.05, 4.69) is 36.6 Å². The highest BCUT2D eigenvalue weighted by atomic mass is 32.2. The minimum atomic E-state index is -0.204. The molecule has 2 nitrogen and oxygen atoms in total. The number of hydrogen-bond donors (Lipinski definition) is 2. The smallest absolute Gasteiger partial charge is 0.123 e. The molecular weight excluding hydrogens is 271 g/mol. The number of thioether (sulfide) groups is 1. The number of rotatable bonds is 6. The number of nitrogens with two attached hydrogens (primary N) is 1. The molecule has 2 aromatic rings. The molecule has 0 radical (unpaired) electrons. The van der Waals surface area contributed by atoms with Crippen LogP contribution >= 0.6 is 11.8 Å². The minimum absolute atomic E-state index is 0.114. The van der Waals surface area contributed by atoms with Crippen molar-refractivity contribution in [1.29, 1.82) is 0 Å². The monoisotopic (exact) mass is 290 g/mol. The largest absolute Gasteiger partial charge is 0.271 e. The van der Waals surface area contributed by atoms with Gasteiger partial charge in [-0.1, -0.05) is 29.8 Å². The third-order valence-corrected chi connectivity index (χ3v) is 4.25. The van der Waals surface area contributed by atoms with Crippen LogP contribution in [-0.4, -0.2) is 11.8 Å². The lowest BCUT2D eigenvalue weighted by Gasteiger charge is -2.15. The molecule has 0 amide bonds. The highest BCUT2D eigenvalue weighted by Gasteiger charge is 2.09. The summed E-state index contributed by atoms with van der Waals surface area (Å²) in [5.41, 5.74) is 5.02. The molecule has 0 spiro atoms. The van der Waals surface area contributed by atoms with Crippen molar-refractivity contribution in [3.8, 4) is 0 Å². The lowest BCUT2D eigenvalue weighted by molar-refractivity contribution is 0.570. The summed E-state index contributed by atoms with van der Waals surface area (Å²) in [5, 5.41) is 0. The summed E-state index contributed by atoms with van der Waals surface area (Å²) in [7, 11) is 0. The van der Waals surface area contributed by atoms with Gasteiger partial charge in [-0.15, -0.1) is 11.8 Å². The van der Waals surface area contributed by atoms with Crippen LogP contribution in [0.25, 0.3) is 0 Å². The summed E-state index contributed by atoms with van der Waals surface area (Å²) in [6.07, 6.45) is 0.715. The second kappa shape index (κ2) is 7.43. The Balaban J connectivity index is 1.90. The van der Waals surface area contributed by atoms with Crippen molar-refractivity contribution in [2.45, 2.75) is 24.3 Å². The Labute approximate surface area is 123 Å². The van der Waals surface area contributed by atoms with Gasteiger partial charge in [0, 0.05) is 16.7 Å². The lowest BCUT2D eigenvalue weighted by atomic mass is 10.1. The quantitative estimate of drug-likeness (QED) is 0.487. The maximum Gasteiger partial charge on any atom is 0.123 e. The van der Waals surface area contributed by atoms with Crippen molar-refractivity contribution >= 4 is 11.8 Å². The molecule has 3 N–H and O–H groups in total. The van der Waals surface area contributed by atoms with Gasteiger partial charge in [0.05, 0.1) is 0 Å². The molecule has 20 heavy (non-hydrogen) atoms. The first-order chi connectivity index (χ1) is 9.67. The van der Waals surface area contributed by atoms with E-state index in [1.165, 1.54) is 16.5 Å². The zero-order valence-electron chi connectivity index (χ0n) is 11.5. The highest BCUT2D eigenvalue weighted by Crippen LogP contribution is 2.20. The van der Waals surface area contributed by atoms with E-state index in [0.717, 1.165) is 11.3 Å². The number of aryl methyl sites for hydroxylation is 1. The Hall–Kier alpha value is -1.36. The number of halogens is 1. The van der Waals surface area contributed by atoms with E-state index >= 15 is 0 Å². The topological polar surface area (TPSA) is 38.0 Å². The van der Waals surface area contributed by atoms with Crippen molar-refractivity contribution < 1.29 is 4.39 Å². The summed E-state index contributed by atoms with van der Waals surface area (Å²) >= 11 is 1.75. The van der Waals surface area contributed by atoms with Gasteiger partial charge in [-0.25, -0.2) is 4.39 Å². The summed E-state index contributed by atoms with van der Waals surface area (Å²) < 4.78 is 13.2. The molecule has 0 bridgehead atoms. The molecule has 1 atom stereocenters. The van der Waals surface area contributed by atoms with Gasteiger partial charge in [0.2, 0.25) is 0 Å². The van der Waals surface area contributed by atoms with Crippen LogP contribution in [0, 0.1) is 12.7 Å². The first-order valence-electron chi connectivity index (χ1n) is 6.57. The van der Waals surface area contributed by atoms with Gasteiger partial charge >= 0.3 is 0 Å². The second-order valence-electron chi connectivity index (χ2n) is 4.82. The van der Waals surface area contributed by atoms with Crippen LogP contribution in [-0.2, 0) is 6.42 Å². The van der Waals surface area contributed by atoms with Crippen molar-refractivity contribution in [2.75, 3.05) is 5.75 Å². The van der Waals surface area contributed by atoms with Crippen LogP contribution < -0.4 is 11.3 Å². The van der Waals surface area contributed by atoms with Gasteiger partial charge in [-0.3, -0.25) is 11.3 Å². The SMILES string of the molecule is Cc1ccc(SCC(Cc2cccc(F)c2)NN)cc1. The first kappa shape index (κ1) is 15.0. The number of hydrazine groups is 1. The fourth-order valence-electron chi connectivity index (χ4n) is 1.95. The Morgan fingerprint density at radius 2 is 1.95 bits per heavy atom. The van der Waals surface area contributed by atoms with E-state index in [1.54, 1.807) is 23.9 Å². The Morgan fingerprint density at radius 3 is 2.60 bits per heavy atom. The van der Waals surface area contributed by atoms with Gasteiger partial charge < -0.3 is 0 Å². The normalized spacial score (nSPS) is 12.3. The van der Waals surface area contributed by atoms with Gasteiger partial charge in [-0.2, -0.15) is 0 Å². The van der Waals surface area contributed by atoms with Crippen molar-refractivity contribution in [3.63, 3.8) is 0 Å². The van der Waals surface area contributed by atoms with E-state index in [-0.39, 0.29) is 11.9 Å². The molecule has 0 aromatic heterocycles. The first-order valence-corrected chi connectivity index (χ1v) is 7.56. The van der Waals surface area contributed by atoms with E-state index in [1.807, 2.05) is 6.07 Å². The van der Waals surface area contributed by atoms with Crippen molar-refractivity contribution in [3.05, 3.63) is 65.5 Å². The van der Waals surface area contributed by atoms with Crippen LogP contribution in [0.3, 0.4) is 0 Å². The molecule has 0 aliphatic heterocycles. The highest BCUT2D eigenvalue weighted by molar-refractivity contribution is 7.99. The average molecular weight is 290 g/mol. The van der Waals surface area contributed by atoms with E-state index in [9.17, 15) is 4.39 Å². The van der Waals surface area contributed by atoms with Crippen LogP contribution in [0.1, 0.15) is 11.1 Å². The van der Waals surface area contributed by atoms with Crippen LogP contribution in [0.4, 0.5) is 4.39 Å². The fraction of sp³-hybridized carbons (Fsp3) is 0.250. The number of benzene rings is 2. The van der Waals surface area contributed by atoms with E-state index in [4.69, 9.17) is 5.84 Å². The minimum Gasteiger partial charge on any atom is -0.271 e. The Bertz CT molecular complexity index is 542. The molecule has 0 heterocycles.